The summed E-state index contributed by atoms with van der Waals surface area (Å²) in [5, 5.41) is 2.26. The molecule has 1 aromatic heterocycles. The third-order valence-corrected chi connectivity index (χ3v) is 13.4. The van der Waals surface area contributed by atoms with Crippen molar-refractivity contribution in [2.75, 3.05) is 4.90 Å². The average molecular weight is 768 g/mol. The summed E-state index contributed by atoms with van der Waals surface area (Å²) < 4.78 is 6.39. The van der Waals surface area contributed by atoms with Gasteiger partial charge in [-0.05, 0) is 121 Å². The number of benzene rings is 9. The molecule has 2 aliphatic carbocycles. The first-order valence-corrected chi connectivity index (χ1v) is 20.9. The van der Waals surface area contributed by atoms with Gasteiger partial charge in [0.15, 0.2) is 0 Å². The lowest BCUT2D eigenvalue weighted by Crippen LogP contribution is -2.28. The fourth-order valence-corrected chi connectivity index (χ4v) is 10.6. The number of rotatable bonds is 6. The van der Waals surface area contributed by atoms with Gasteiger partial charge in [0.2, 0.25) is 0 Å². The Hall–Kier alpha value is -7.42. The van der Waals surface area contributed by atoms with Crippen LogP contribution in [0.1, 0.15) is 47.2 Å². The van der Waals surface area contributed by atoms with Crippen molar-refractivity contribution in [3.8, 4) is 33.4 Å². The van der Waals surface area contributed by atoms with Crippen molar-refractivity contribution in [3.63, 3.8) is 0 Å². The van der Waals surface area contributed by atoms with Crippen molar-refractivity contribution < 1.29 is 4.42 Å². The molecule has 0 radical (unpaired) electrons. The summed E-state index contributed by atoms with van der Waals surface area (Å²) in [5.41, 5.74) is 19.7. The van der Waals surface area contributed by atoms with E-state index in [9.17, 15) is 0 Å². The van der Waals surface area contributed by atoms with Crippen LogP contribution in [0.5, 0.6) is 0 Å². The van der Waals surface area contributed by atoms with Crippen LogP contribution in [0.2, 0.25) is 0 Å². The molecule has 0 N–H and O–H groups in total. The zero-order chi connectivity index (χ0) is 40.0. The Bertz CT molecular complexity index is 3280. The molecule has 1 heterocycles. The molecule has 12 rings (SSSR count). The van der Waals surface area contributed by atoms with Gasteiger partial charge >= 0.3 is 0 Å². The van der Waals surface area contributed by atoms with Crippen molar-refractivity contribution >= 4 is 39.0 Å². The smallest absolute Gasteiger partial charge is 0.135 e. The van der Waals surface area contributed by atoms with Crippen molar-refractivity contribution in [1.82, 2.24) is 0 Å². The normalized spacial score (nSPS) is 15.7. The second-order valence-corrected chi connectivity index (χ2v) is 16.8. The number of anilines is 3. The zero-order valence-electron chi connectivity index (χ0n) is 33.6. The predicted molar refractivity (Wildman–Crippen MR) is 249 cm³/mol. The van der Waals surface area contributed by atoms with E-state index in [0.717, 1.165) is 39.0 Å². The maximum absolute atomic E-state index is 6.39. The van der Waals surface area contributed by atoms with Crippen LogP contribution in [0.25, 0.3) is 55.3 Å². The van der Waals surface area contributed by atoms with Gasteiger partial charge in [0.1, 0.15) is 11.2 Å². The summed E-state index contributed by atoms with van der Waals surface area (Å²) in [6.45, 7) is 4.72. The number of para-hydroxylation sites is 1. The highest BCUT2D eigenvalue weighted by Gasteiger charge is 2.47. The van der Waals surface area contributed by atoms with Crippen LogP contribution < -0.4 is 4.90 Å². The number of furan rings is 1. The lowest BCUT2D eigenvalue weighted by Gasteiger charge is -2.35. The first-order chi connectivity index (χ1) is 29.5. The van der Waals surface area contributed by atoms with E-state index in [0.29, 0.717) is 0 Å². The average Bonchev–Trinajstić information content (AvgIpc) is 3.90. The van der Waals surface area contributed by atoms with Gasteiger partial charge in [-0.2, -0.15) is 0 Å². The molecule has 60 heavy (non-hydrogen) atoms. The van der Waals surface area contributed by atoms with Gasteiger partial charge in [-0.3, -0.25) is 0 Å². The fourth-order valence-electron chi connectivity index (χ4n) is 10.6. The number of hydrogen-bond acceptors (Lipinski definition) is 2. The minimum absolute atomic E-state index is 0.136. The molecule has 0 saturated heterocycles. The monoisotopic (exact) mass is 767 g/mol. The van der Waals surface area contributed by atoms with Gasteiger partial charge in [-0.1, -0.05) is 172 Å². The second kappa shape index (κ2) is 13.0. The van der Waals surface area contributed by atoms with Gasteiger partial charge in [-0.15, -0.1) is 0 Å². The van der Waals surface area contributed by atoms with E-state index in [1.54, 1.807) is 0 Å². The molecule has 0 fully saturated rings. The first kappa shape index (κ1) is 34.6. The summed E-state index contributed by atoms with van der Waals surface area (Å²) in [4.78, 5) is 2.46. The molecule has 0 amide bonds. The third-order valence-electron chi connectivity index (χ3n) is 13.4. The molecule has 284 valence electrons. The fraction of sp³-hybridized carbons (Fsp3) is 0.0690. The summed E-state index contributed by atoms with van der Waals surface area (Å²) >= 11 is 0. The Morgan fingerprint density at radius 3 is 1.63 bits per heavy atom. The van der Waals surface area contributed by atoms with Crippen molar-refractivity contribution in [2.45, 2.75) is 24.7 Å². The Labute approximate surface area is 350 Å². The molecule has 9 aromatic carbocycles. The maximum atomic E-state index is 6.39. The molecule has 2 nitrogen and oxygen atoms in total. The molecule has 0 bridgehead atoms. The maximum Gasteiger partial charge on any atom is 0.135 e. The molecule has 2 aliphatic rings. The van der Waals surface area contributed by atoms with Crippen LogP contribution >= 0.6 is 0 Å². The molecular formula is C58H41NO. The van der Waals surface area contributed by atoms with Crippen LogP contribution in [-0.4, -0.2) is 0 Å². The minimum Gasteiger partial charge on any atom is -0.456 e. The Morgan fingerprint density at radius 1 is 0.350 bits per heavy atom. The van der Waals surface area contributed by atoms with Crippen molar-refractivity contribution in [3.05, 3.63) is 246 Å². The Kier molecular flexibility index (Phi) is 7.52. The summed E-state index contributed by atoms with van der Waals surface area (Å²) in [6.07, 6.45) is 0. The summed E-state index contributed by atoms with van der Waals surface area (Å²) in [7, 11) is 0. The zero-order valence-corrected chi connectivity index (χ0v) is 33.6. The lowest BCUT2D eigenvalue weighted by molar-refractivity contribution is 0.660. The van der Waals surface area contributed by atoms with E-state index in [-0.39, 0.29) is 5.41 Å². The van der Waals surface area contributed by atoms with E-state index in [1.165, 1.54) is 66.8 Å². The first-order valence-electron chi connectivity index (χ1n) is 20.9. The standard InChI is InChI=1S/C58H41NO/c1-57(2)51-22-12-9-19-45(51)47-32-30-43(36-53(47)57)59(42-28-25-39(26-29-42)38-15-5-3-6-16-38)44-31-33-48-46-20-10-13-23-52(46)58(54(48)37-44,40-17-7-4-8-18-40)41-27-34-56-50(35-41)49-21-11-14-24-55(49)60-56/h3-37H,1-2H3. The lowest BCUT2D eigenvalue weighted by atomic mass is 9.67. The molecule has 1 unspecified atom stereocenters. The number of hydrogen-bond donors (Lipinski definition) is 0. The minimum atomic E-state index is -0.597. The van der Waals surface area contributed by atoms with Crippen LogP contribution in [0, 0.1) is 0 Å². The van der Waals surface area contributed by atoms with Gasteiger partial charge < -0.3 is 9.32 Å². The highest BCUT2D eigenvalue weighted by molar-refractivity contribution is 6.05. The van der Waals surface area contributed by atoms with E-state index >= 15 is 0 Å². The Morgan fingerprint density at radius 2 is 0.883 bits per heavy atom. The van der Waals surface area contributed by atoms with Gasteiger partial charge in [0.05, 0.1) is 5.41 Å². The highest BCUT2D eigenvalue weighted by atomic mass is 16.3. The predicted octanol–water partition coefficient (Wildman–Crippen LogP) is 15.4. The number of fused-ring (bicyclic) bond motifs is 9. The topological polar surface area (TPSA) is 16.4 Å². The largest absolute Gasteiger partial charge is 0.456 e. The quantitative estimate of drug-likeness (QED) is 0.168. The molecule has 0 spiro atoms. The molecule has 10 aromatic rings. The van der Waals surface area contributed by atoms with Crippen molar-refractivity contribution in [2.24, 2.45) is 0 Å². The van der Waals surface area contributed by atoms with Crippen LogP contribution in [0.3, 0.4) is 0 Å². The van der Waals surface area contributed by atoms with Gasteiger partial charge in [0, 0.05) is 33.2 Å². The molecule has 1 atom stereocenters. The van der Waals surface area contributed by atoms with E-state index in [4.69, 9.17) is 4.42 Å². The van der Waals surface area contributed by atoms with Gasteiger partial charge in [-0.25, -0.2) is 0 Å². The molecule has 2 heteroatoms. The summed E-state index contributed by atoms with van der Waals surface area (Å²) in [5.74, 6) is 0. The molecule has 0 saturated carbocycles. The SMILES string of the molecule is CC1(C)c2ccccc2-c2ccc(N(c3ccc(-c4ccccc4)cc3)c3ccc4c(c3)C(c3ccccc3)(c3ccc5oc6ccccc6c5c3)c3ccccc3-4)cc21. The van der Waals surface area contributed by atoms with E-state index in [2.05, 4.69) is 225 Å². The van der Waals surface area contributed by atoms with E-state index in [1.807, 2.05) is 6.07 Å². The molecule has 0 aliphatic heterocycles. The van der Waals surface area contributed by atoms with Crippen molar-refractivity contribution in [1.29, 1.82) is 0 Å². The third kappa shape index (κ3) is 4.94. The molecular weight excluding hydrogens is 727 g/mol. The van der Waals surface area contributed by atoms with Crippen LogP contribution in [0.15, 0.2) is 217 Å². The second-order valence-electron chi connectivity index (χ2n) is 16.8. The van der Waals surface area contributed by atoms with E-state index < -0.39 is 5.41 Å². The highest BCUT2D eigenvalue weighted by Crippen LogP contribution is 2.58. The Balaban J connectivity index is 1.11. The summed E-state index contributed by atoms with van der Waals surface area (Å²) in [6, 6.07) is 78.1. The van der Waals surface area contributed by atoms with Crippen LogP contribution in [-0.2, 0) is 10.8 Å². The number of nitrogens with zero attached hydrogens (tertiary/aromatic N) is 1. The van der Waals surface area contributed by atoms with Gasteiger partial charge in [0.25, 0.3) is 0 Å². The van der Waals surface area contributed by atoms with Crippen LogP contribution in [0.4, 0.5) is 17.1 Å².